The Kier molecular flexibility index (Phi) is 4.66. The van der Waals surface area contributed by atoms with Gasteiger partial charge in [0.25, 0.3) is 0 Å². The highest BCUT2D eigenvalue weighted by molar-refractivity contribution is 5.76. The maximum atomic E-state index is 12.0. The van der Waals surface area contributed by atoms with Gasteiger partial charge in [-0.25, -0.2) is 0 Å². The van der Waals surface area contributed by atoms with E-state index in [2.05, 4.69) is 6.92 Å². The Labute approximate surface area is 114 Å². The summed E-state index contributed by atoms with van der Waals surface area (Å²) >= 11 is 0. The summed E-state index contributed by atoms with van der Waals surface area (Å²) in [6.07, 6.45) is 2.74. The molecule has 2 rings (SSSR count). The van der Waals surface area contributed by atoms with Crippen LogP contribution >= 0.6 is 0 Å². The number of ether oxygens (including phenoxy) is 1. The number of likely N-dealkylation sites (tertiary alicyclic amines) is 1. The molecular formula is C15H22N2O2. The molecule has 2 N–H and O–H groups in total. The van der Waals surface area contributed by atoms with Crippen LogP contribution in [0.4, 0.5) is 5.69 Å². The Balaban J connectivity index is 1.71. The van der Waals surface area contributed by atoms with Crippen molar-refractivity contribution in [2.45, 2.75) is 26.2 Å². The lowest BCUT2D eigenvalue weighted by Crippen LogP contribution is -2.29. The summed E-state index contributed by atoms with van der Waals surface area (Å²) in [5.74, 6) is 1.64. The van der Waals surface area contributed by atoms with Gasteiger partial charge in [-0.3, -0.25) is 4.79 Å². The molecule has 0 spiro atoms. The highest BCUT2D eigenvalue weighted by Gasteiger charge is 2.24. The number of nitrogen functional groups attached to an aromatic ring is 1. The number of hydrogen-bond donors (Lipinski definition) is 1. The zero-order valence-corrected chi connectivity index (χ0v) is 11.5. The highest BCUT2D eigenvalue weighted by atomic mass is 16.5. The monoisotopic (exact) mass is 262 g/mol. The van der Waals surface area contributed by atoms with Gasteiger partial charge < -0.3 is 15.4 Å². The number of nitrogens with zero attached hydrogens (tertiary/aromatic N) is 1. The Morgan fingerprint density at radius 2 is 2.16 bits per heavy atom. The van der Waals surface area contributed by atoms with Crippen molar-refractivity contribution in [2.75, 3.05) is 25.4 Å². The normalized spacial score (nSPS) is 18.6. The Morgan fingerprint density at radius 3 is 2.79 bits per heavy atom. The first kappa shape index (κ1) is 13.7. The molecular weight excluding hydrogens is 240 g/mol. The van der Waals surface area contributed by atoms with E-state index in [-0.39, 0.29) is 5.91 Å². The van der Waals surface area contributed by atoms with Crippen molar-refractivity contribution in [2.24, 2.45) is 5.92 Å². The molecule has 1 saturated heterocycles. The first-order valence-electron chi connectivity index (χ1n) is 6.95. The topological polar surface area (TPSA) is 55.6 Å². The lowest BCUT2D eigenvalue weighted by atomic mass is 10.1. The molecule has 104 valence electrons. The first-order chi connectivity index (χ1) is 9.19. The SMILES string of the molecule is CCC1CCN(C(=O)CCOc2ccc(N)cc2)C1. The predicted octanol–water partition coefficient (Wildman–Crippen LogP) is 2.30. The molecule has 1 unspecified atom stereocenters. The summed E-state index contributed by atoms with van der Waals surface area (Å²) < 4.78 is 5.54. The zero-order chi connectivity index (χ0) is 13.7. The Hall–Kier alpha value is -1.71. The molecule has 1 amide bonds. The van der Waals surface area contributed by atoms with Crippen molar-refractivity contribution in [3.63, 3.8) is 0 Å². The van der Waals surface area contributed by atoms with Gasteiger partial charge in [0.2, 0.25) is 5.91 Å². The van der Waals surface area contributed by atoms with E-state index in [0.717, 1.165) is 31.7 Å². The fourth-order valence-electron chi connectivity index (χ4n) is 2.37. The summed E-state index contributed by atoms with van der Waals surface area (Å²) in [6.45, 7) is 4.43. The van der Waals surface area contributed by atoms with Crippen molar-refractivity contribution in [1.29, 1.82) is 0 Å². The molecule has 1 heterocycles. The number of hydrogen-bond acceptors (Lipinski definition) is 3. The number of amides is 1. The van der Waals surface area contributed by atoms with Gasteiger partial charge in [-0.15, -0.1) is 0 Å². The second kappa shape index (κ2) is 6.45. The van der Waals surface area contributed by atoms with Crippen molar-refractivity contribution >= 4 is 11.6 Å². The second-order valence-electron chi connectivity index (χ2n) is 5.07. The molecule has 1 aromatic rings. The number of anilines is 1. The van der Waals surface area contributed by atoms with Gasteiger partial charge in [-0.1, -0.05) is 13.3 Å². The van der Waals surface area contributed by atoms with Crippen LogP contribution in [-0.2, 0) is 4.79 Å². The number of rotatable bonds is 5. The summed E-state index contributed by atoms with van der Waals surface area (Å²) in [4.78, 5) is 13.9. The summed E-state index contributed by atoms with van der Waals surface area (Å²) in [6, 6.07) is 7.23. The van der Waals surface area contributed by atoms with Crippen LogP contribution in [0.15, 0.2) is 24.3 Å². The molecule has 19 heavy (non-hydrogen) atoms. The largest absolute Gasteiger partial charge is 0.493 e. The van der Waals surface area contributed by atoms with Gasteiger partial charge in [-0.2, -0.15) is 0 Å². The maximum Gasteiger partial charge on any atom is 0.226 e. The molecule has 1 aromatic carbocycles. The quantitative estimate of drug-likeness (QED) is 0.828. The predicted molar refractivity (Wildman–Crippen MR) is 75.9 cm³/mol. The molecule has 0 saturated carbocycles. The van der Waals surface area contributed by atoms with Crippen molar-refractivity contribution in [3.05, 3.63) is 24.3 Å². The van der Waals surface area contributed by atoms with E-state index in [4.69, 9.17) is 10.5 Å². The van der Waals surface area contributed by atoms with Gasteiger partial charge in [0.15, 0.2) is 0 Å². The molecule has 0 bridgehead atoms. The molecule has 0 radical (unpaired) electrons. The standard InChI is InChI=1S/C15H22N2O2/c1-2-12-7-9-17(11-12)15(18)8-10-19-14-5-3-13(16)4-6-14/h3-6,12H,2,7-11,16H2,1H3. The third-order valence-electron chi connectivity index (χ3n) is 3.68. The summed E-state index contributed by atoms with van der Waals surface area (Å²) in [5.41, 5.74) is 6.31. The Morgan fingerprint density at radius 1 is 1.42 bits per heavy atom. The van der Waals surface area contributed by atoms with E-state index in [1.165, 1.54) is 0 Å². The van der Waals surface area contributed by atoms with Crippen LogP contribution in [0.25, 0.3) is 0 Å². The molecule has 1 aliphatic heterocycles. The number of benzene rings is 1. The van der Waals surface area contributed by atoms with Gasteiger partial charge in [0.05, 0.1) is 13.0 Å². The molecule has 0 aromatic heterocycles. The summed E-state index contributed by atoms with van der Waals surface area (Å²) in [7, 11) is 0. The highest BCUT2D eigenvalue weighted by Crippen LogP contribution is 2.20. The van der Waals surface area contributed by atoms with Gasteiger partial charge in [0.1, 0.15) is 5.75 Å². The van der Waals surface area contributed by atoms with E-state index >= 15 is 0 Å². The van der Waals surface area contributed by atoms with Crippen LogP contribution < -0.4 is 10.5 Å². The van der Waals surface area contributed by atoms with E-state index < -0.39 is 0 Å². The van der Waals surface area contributed by atoms with Crippen molar-refractivity contribution in [1.82, 2.24) is 4.90 Å². The lowest BCUT2D eigenvalue weighted by Gasteiger charge is -2.16. The Bertz CT molecular complexity index is 417. The van der Waals surface area contributed by atoms with Crippen LogP contribution in [-0.4, -0.2) is 30.5 Å². The van der Waals surface area contributed by atoms with Gasteiger partial charge in [-0.05, 0) is 36.6 Å². The molecule has 1 atom stereocenters. The van der Waals surface area contributed by atoms with E-state index in [9.17, 15) is 4.79 Å². The average Bonchev–Trinajstić information content (AvgIpc) is 2.90. The fourth-order valence-corrected chi connectivity index (χ4v) is 2.37. The van der Waals surface area contributed by atoms with E-state index in [1.54, 1.807) is 12.1 Å². The lowest BCUT2D eigenvalue weighted by molar-refractivity contribution is -0.130. The average molecular weight is 262 g/mol. The minimum absolute atomic E-state index is 0.200. The van der Waals surface area contributed by atoms with Gasteiger partial charge >= 0.3 is 0 Å². The molecule has 1 aliphatic rings. The van der Waals surface area contributed by atoms with E-state index in [0.29, 0.717) is 24.6 Å². The summed E-state index contributed by atoms with van der Waals surface area (Å²) in [5, 5.41) is 0. The van der Waals surface area contributed by atoms with Gasteiger partial charge in [0, 0.05) is 18.8 Å². The van der Waals surface area contributed by atoms with Crippen LogP contribution in [0.5, 0.6) is 5.75 Å². The van der Waals surface area contributed by atoms with Crippen LogP contribution in [0.1, 0.15) is 26.2 Å². The number of nitrogens with two attached hydrogens (primary N) is 1. The van der Waals surface area contributed by atoms with E-state index in [1.807, 2.05) is 17.0 Å². The number of carbonyl (C=O) groups is 1. The third-order valence-corrected chi connectivity index (χ3v) is 3.68. The van der Waals surface area contributed by atoms with Crippen LogP contribution in [0.3, 0.4) is 0 Å². The zero-order valence-electron chi connectivity index (χ0n) is 11.5. The van der Waals surface area contributed by atoms with Crippen LogP contribution in [0, 0.1) is 5.92 Å². The molecule has 4 heteroatoms. The van der Waals surface area contributed by atoms with Crippen molar-refractivity contribution < 1.29 is 9.53 Å². The maximum absolute atomic E-state index is 12.0. The minimum atomic E-state index is 0.200. The minimum Gasteiger partial charge on any atom is -0.493 e. The third kappa shape index (κ3) is 3.88. The molecule has 4 nitrogen and oxygen atoms in total. The molecule has 1 fully saturated rings. The van der Waals surface area contributed by atoms with Crippen molar-refractivity contribution in [3.8, 4) is 5.75 Å². The molecule has 0 aliphatic carbocycles. The smallest absolute Gasteiger partial charge is 0.226 e. The fraction of sp³-hybridized carbons (Fsp3) is 0.533. The van der Waals surface area contributed by atoms with Crippen LogP contribution in [0.2, 0.25) is 0 Å². The first-order valence-corrected chi connectivity index (χ1v) is 6.95. The second-order valence-corrected chi connectivity index (χ2v) is 5.07. The number of carbonyl (C=O) groups excluding carboxylic acids is 1.